The third-order valence-electron chi connectivity index (χ3n) is 3.68. The lowest BCUT2D eigenvalue weighted by Gasteiger charge is -2.38. The molecule has 1 N–H and O–H groups in total. The van der Waals surface area contributed by atoms with Gasteiger partial charge in [0.2, 0.25) is 0 Å². The van der Waals surface area contributed by atoms with E-state index in [0.717, 1.165) is 18.7 Å². The Morgan fingerprint density at radius 2 is 1.94 bits per heavy atom. The molecule has 0 saturated carbocycles. The summed E-state index contributed by atoms with van der Waals surface area (Å²) in [5.41, 5.74) is 0. The van der Waals surface area contributed by atoms with Gasteiger partial charge in [0.1, 0.15) is 5.82 Å². The lowest BCUT2D eigenvalue weighted by molar-refractivity contribution is 0.126. The van der Waals surface area contributed by atoms with E-state index in [0.29, 0.717) is 17.1 Å². The molecule has 3 nitrogen and oxygen atoms in total. The van der Waals surface area contributed by atoms with Crippen molar-refractivity contribution >= 4 is 17.4 Å². The van der Waals surface area contributed by atoms with Crippen LogP contribution in [0.25, 0.3) is 0 Å². The van der Waals surface area contributed by atoms with Gasteiger partial charge in [-0.1, -0.05) is 11.6 Å². The Morgan fingerprint density at radius 1 is 1.25 bits per heavy atom. The van der Waals surface area contributed by atoms with Crippen LogP contribution in [-0.4, -0.2) is 28.3 Å². The highest BCUT2D eigenvalue weighted by molar-refractivity contribution is 6.30. The molecule has 0 aromatic carbocycles. The van der Waals surface area contributed by atoms with Crippen molar-refractivity contribution in [1.29, 1.82) is 0 Å². The van der Waals surface area contributed by atoms with Crippen LogP contribution in [0.5, 0.6) is 0 Å². The number of pyridine rings is 1. The van der Waals surface area contributed by atoms with Crippen LogP contribution in [-0.2, 0) is 0 Å². The molecule has 2 saturated heterocycles. The number of rotatable bonds is 1. The number of hydrogen-bond donors (Lipinski definition) is 1. The highest BCUT2D eigenvalue weighted by Crippen LogP contribution is 2.38. The van der Waals surface area contributed by atoms with Gasteiger partial charge in [0.25, 0.3) is 0 Å². The van der Waals surface area contributed by atoms with Gasteiger partial charge in [-0.15, -0.1) is 0 Å². The predicted molar refractivity (Wildman–Crippen MR) is 63.8 cm³/mol. The van der Waals surface area contributed by atoms with Gasteiger partial charge in [0, 0.05) is 18.3 Å². The molecule has 3 heterocycles. The maximum atomic E-state index is 9.73. The summed E-state index contributed by atoms with van der Waals surface area (Å²) < 4.78 is 0. The Kier molecular flexibility index (Phi) is 2.52. The number of aliphatic hydroxyl groups is 1. The Morgan fingerprint density at radius 3 is 2.50 bits per heavy atom. The van der Waals surface area contributed by atoms with Crippen LogP contribution >= 0.6 is 11.6 Å². The number of fused-ring (bicyclic) bond motifs is 2. The fourth-order valence-corrected chi connectivity index (χ4v) is 3.15. The summed E-state index contributed by atoms with van der Waals surface area (Å²) in [6, 6.07) is 4.78. The van der Waals surface area contributed by atoms with E-state index in [4.69, 9.17) is 11.6 Å². The Labute approximate surface area is 100 Å². The van der Waals surface area contributed by atoms with E-state index in [1.54, 1.807) is 6.20 Å². The van der Waals surface area contributed by atoms with Crippen LogP contribution in [0.3, 0.4) is 0 Å². The largest absolute Gasteiger partial charge is 0.393 e. The van der Waals surface area contributed by atoms with Crippen LogP contribution < -0.4 is 4.90 Å². The molecule has 86 valence electrons. The van der Waals surface area contributed by atoms with Gasteiger partial charge in [-0.3, -0.25) is 0 Å². The lowest BCUT2D eigenvalue weighted by atomic mass is 10.00. The molecule has 0 spiro atoms. The number of piperidine rings is 1. The van der Waals surface area contributed by atoms with Crippen molar-refractivity contribution in [1.82, 2.24) is 4.98 Å². The van der Waals surface area contributed by atoms with Gasteiger partial charge in [-0.25, -0.2) is 4.98 Å². The molecule has 2 fully saturated rings. The number of aliphatic hydroxyl groups excluding tert-OH is 1. The first-order valence-corrected chi connectivity index (χ1v) is 6.20. The molecule has 1 aromatic heterocycles. The van der Waals surface area contributed by atoms with Crippen LogP contribution in [0.1, 0.15) is 25.7 Å². The van der Waals surface area contributed by atoms with Crippen LogP contribution in [0.4, 0.5) is 5.82 Å². The standard InChI is InChI=1S/C12H15ClN2O/c13-8-1-4-12(14-7-8)15-9-2-3-10(15)6-11(16)5-9/h1,4,7,9-11,16H,2-3,5-6H2/t9-,10+,11?. The van der Waals surface area contributed by atoms with Gasteiger partial charge in [-0.2, -0.15) is 0 Å². The van der Waals surface area contributed by atoms with E-state index in [-0.39, 0.29) is 6.10 Å². The summed E-state index contributed by atoms with van der Waals surface area (Å²) >= 11 is 5.84. The fourth-order valence-electron chi connectivity index (χ4n) is 3.04. The minimum absolute atomic E-state index is 0.124. The van der Waals surface area contributed by atoms with Crippen LogP contribution in [0.15, 0.2) is 18.3 Å². The molecule has 2 bridgehead atoms. The summed E-state index contributed by atoms with van der Waals surface area (Å²) in [6.07, 6.45) is 5.67. The maximum Gasteiger partial charge on any atom is 0.129 e. The third-order valence-corrected chi connectivity index (χ3v) is 3.91. The van der Waals surface area contributed by atoms with Crippen LogP contribution in [0.2, 0.25) is 5.02 Å². The van der Waals surface area contributed by atoms with E-state index >= 15 is 0 Å². The Balaban J connectivity index is 1.88. The molecule has 3 atom stereocenters. The van der Waals surface area contributed by atoms with E-state index < -0.39 is 0 Å². The summed E-state index contributed by atoms with van der Waals surface area (Å²) in [6.45, 7) is 0. The smallest absolute Gasteiger partial charge is 0.129 e. The first kappa shape index (κ1) is 10.4. The molecular formula is C12H15ClN2O. The minimum atomic E-state index is -0.124. The molecule has 1 unspecified atom stereocenters. The highest BCUT2D eigenvalue weighted by atomic mass is 35.5. The molecule has 0 amide bonds. The molecule has 0 radical (unpaired) electrons. The fraction of sp³-hybridized carbons (Fsp3) is 0.583. The average Bonchev–Trinajstić information content (AvgIpc) is 2.54. The van der Waals surface area contributed by atoms with Gasteiger partial charge in [0.15, 0.2) is 0 Å². The number of hydrogen-bond acceptors (Lipinski definition) is 3. The zero-order chi connectivity index (χ0) is 11.1. The van der Waals surface area contributed by atoms with Gasteiger partial charge in [-0.05, 0) is 37.8 Å². The normalized spacial score (nSPS) is 33.1. The van der Waals surface area contributed by atoms with E-state index in [9.17, 15) is 5.11 Å². The Bertz CT molecular complexity index is 367. The predicted octanol–water partition coefficient (Wildman–Crippen LogP) is 2.23. The molecular weight excluding hydrogens is 224 g/mol. The molecule has 16 heavy (non-hydrogen) atoms. The number of aromatic nitrogens is 1. The molecule has 4 heteroatoms. The van der Waals surface area contributed by atoms with Crippen molar-refractivity contribution in [2.75, 3.05) is 4.90 Å². The number of anilines is 1. The molecule has 3 rings (SSSR count). The summed E-state index contributed by atoms with van der Waals surface area (Å²) in [5, 5.41) is 10.4. The van der Waals surface area contributed by atoms with Gasteiger partial charge in [0.05, 0.1) is 11.1 Å². The Hall–Kier alpha value is -0.800. The molecule has 1 aromatic rings. The van der Waals surface area contributed by atoms with Crippen molar-refractivity contribution < 1.29 is 5.11 Å². The second-order valence-electron chi connectivity index (χ2n) is 4.75. The SMILES string of the molecule is OC1C[C@H]2CC[C@@H](C1)N2c1ccc(Cl)cn1. The third kappa shape index (κ3) is 1.68. The maximum absolute atomic E-state index is 9.73. The first-order valence-electron chi connectivity index (χ1n) is 5.82. The highest BCUT2D eigenvalue weighted by Gasteiger charge is 2.40. The monoisotopic (exact) mass is 238 g/mol. The average molecular weight is 239 g/mol. The zero-order valence-corrected chi connectivity index (χ0v) is 9.77. The summed E-state index contributed by atoms with van der Waals surface area (Å²) in [7, 11) is 0. The molecule has 2 aliphatic heterocycles. The number of halogens is 1. The van der Waals surface area contributed by atoms with E-state index in [1.165, 1.54) is 12.8 Å². The molecule has 0 aliphatic carbocycles. The second-order valence-corrected chi connectivity index (χ2v) is 5.19. The van der Waals surface area contributed by atoms with E-state index in [2.05, 4.69) is 9.88 Å². The minimum Gasteiger partial charge on any atom is -0.393 e. The van der Waals surface area contributed by atoms with Crippen LogP contribution in [0, 0.1) is 0 Å². The van der Waals surface area contributed by atoms with Crippen molar-refractivity contribution in [3.63, 3.8) is 0 Å². The van der Waals surface area contributed by atoms with Crippen molar-refractivity contribution in [3.8, 4) is 0 Å². The number of nitrogens with zero attached hydrogens (tertiary/aromatic N) is 2. The zero-order valence-electron chi connectivity index (χ0n) is 9.01. The lowest BCUT2D eigenvalue weighted by Crippen LogP contribution is -2.45. The first-order chi connectivity index (χ1) is 7.74. The van der Waals surface area contributed by atoms with Crippen molar-refractivity contribution in [2.24, 2.45) is 0 Å². The quantitative estimate of drug-likeness (QED) is 0.815. The topological polar surface area (TPSA) is 36.4 Å². The van der Waals surface area contributed by atoms with E-state index in [1.807, 2.05) is 12.1 Å². The van der Waals surface area contributed by atoms with Crippen molar-refractivity contribution in [2.45, 2.75) is 43.9 Å². The molecule has 2 aliphatic rings. The van der Waals surface area contributed by atoms with Gasteiger partial charge >= 0.3 is 0 Å². The summed E-state index contributed by atoms with van der Waals surface area (Å²) in [4.78, 5) is 6.74. The van der Waals surface area contributed by atoms with Gasteiger partial charge < -0.3 is 10.0 Å². The summed E-state index contributed by atoms with van der Waals surface area (Å²) in [5.74, 6) is 1.00. The second kappa shape index (κ2) is 3.90. The van der Waals surface area contributed by atoms with Crippen molar-refractivity contribution in [3.05, 3.63) is 23.4 Å².